The highest BCUT2D eigenvalue weighted by Gasteiger charge is 2.02. The summed E-state index contributed by atoms with van der Waals surface area (Å²) in [7, 11) is 1.65. The van der Waals surface area contributed by atoms with Gasteiger partial charge in [0, 0.05) is 10.5 Å². The summed E-state index contributed by atoms with van der Waals surface area (Å²) >= 11 is 0. The molecule has 0 heterocycles. The zero-order valence-electron chi connectivity index (χ0n) is 9.61. The number of ether oxygens (including phenoxy) is 1. The molecule has 0 aromatic heterocycles. The van der Waals surface area contributed by atoms with Gasteiger partial charge in [-0.2, -0.15) is 0 Å². The zero-order valence-corrected chi connectivity index (χ0v) is 9.61. The van der Waals surface area contributed by atoms with Gasteiger partial charge in [0.25, 0.3) is 0 Å². The molecule has 0 saturated heterocycles. The van der Waals surface area contributed by atoms with Crippen LogP contribution in [0.25, 0.3) is 10.4 Å². The van der Waals surface area contributed by atoms with Crippen LogP contribution in [-0.4, -0.2) is 13.7 Å². The van der Waals surface area contributed by atoms with Gasteiger partial charge in [-0.3, -0.25) is 0 Å². The molecule has 1 aromatic rings. The van der Waals surface area contributed by atoms with E-state index in [1.54, 1.807) is 7.11 Å². The number of aryl methyl sites for hydroxylation is 2. The molecule has 0 fully saturated rings. The number of azide groups is 1. The van der Waals surface area contributed by atoms with Crippen molar-refractivity contribution in [2.45, 2.75) is 13.8 Å². The average molecular weight is 215 g/mol. The van der Waals surface area contributed by atoms with Crippen molar-refractivity contribution in [3.05, 3.63) is 39.3 Å². The van der Waals surface area contributed by atoms with Gasteiger partial charge in [0.05, 0.1) is 13.7 Å². The number of rotatable bonds is 2. The van der Waals surface area contributed by atoms with Crippen LogP contribution in [0.5, 0.6) is 5.75 Å². The van der Waals surface area contributed by atoms with E-state index in [-0.39, 0.29) is 6.54 Å². The van der Waals surface area contributed by atoms with Crippen LogP contribution in [0.3, 0.4) is 0 Å². The number of methoxy groups -OCH3 is 1. The van der Waals surface area contributed by atoms with E-state index in [0.29, 0.717) is 0 Å². The number of hydrogen-bond acceptors (Lipinski definition) is 2. The average Bonchev–Trinajstić information content (AvgIpc) is 2.28. The van der Waals surface area contributed by atoms with Crippen molar-refractivity contribution in [1.29, 1.82) is 0 Å². The Morgan fingerprint density at radius 2 is 2.12 bits per heavy atom. The van der Waals surface area contributed by atoms with Crippen LogP contribution in [0.4, 0.5) is 0 Å². The number of nitrogens with zero attached hydrogens (tertiary/aromatic N) is 3. The van der Waals surface area contributed by atoms with Gasteiger partial charge in [-0.1, -0.05) is 17.0 Å². The quantitative estimate of drug-likeness (QED) is 0.324. The van der Waals surface area contributed by atoms with Gasteiger partial charge in [0.1, 0.15) is 5.75 Å². The van der Waals surface area contributed by atoms with Crippen LogP contribution < -0.4 is 4.74 Å². The van der Waals surface area contributed by atoms with Gasteiger partial charge in [-0.15, -0.1) is 0 Å². The van der Waals surface area contributed by atoms with Crippen LogP contribution in [0.2, 0.25) is 0 Å². The topological polar surface area (TPSA) is 58.0 Å². The smallest absolute Gasteiger partial charge is 0.122 e. The standard InChI is InChI=1S/C12H13N3O/c1-9-8-12(16-3)10(2)7-11(9)5-4-6-14-15-13/h7-8H,6H2,1-3H3. The van der Waals surface area contributed by atoms with E-state index in [4.69, 9.17) is 10.3 Å². The highest BCUT2D eigenvalue weighted by Crippen LogP contribution is 2.21. The molecule has 16 heavy (non-hydrogen) atoms. The molecule has 0 saturated carbocycles. The summed E-state index contributed by atoms with van der Waals surface area (Å²) in [4.78, 5) is 2.64. The van der Waals surface area contributed by atoms with Crippen molar-refractivity contribution in [2.75, 3.05) is 13.7 Å². The lowest BCUT2D eigenvalue weighted by Crippen LogP contribution is -1.91. The predicted molar refractivity (Wildman–Crippen MR) is 63.4 cm³/mol. The minimum Gasteiger partial charge on any atom is -0.496 e. The highest BCUT2D eigenvalue weighted by molar-refractivity contribution is 5.48. The van der Waals surface area contributed by atoms with Gasteiger partial charge < -0.3 is 4.74 Å². The summed E-state index contributed by atoms with van der Waals surface area (Å²) in [6, 6.07) is 3.92. The zero-order chi connectivity index (χ0) is 12.0. The van der Waals surface area contributed by atoms with Crippen LogP contribution >= 0.6 is 0 Å². The van der Waals surface area contributed by atoms with Crippen molar-refractivity contribution < 1.29 is 4.74 Å². The molecule has 0 N–H and O–H groups in total. The Balaban J connectivity index is 3.00. The first-order valence-electron chi connectivity index (χ1n) is 4.84. The second kappa shape index (κ2) is 5.69. The molecular weight excluding hydrogens is 202 g/mol. The van der Waals surface area contributed by atoms with E-state index in [2.05, 4.69) is 21.9 Å². The van der Waals surface area contributed by atoms with Crippen molar-refractivity contribution in [3.63, 3.8) is 0 Å². The first-order valence-corrected chi connectivity index (χ1v) is 4.84. The molecule has 0 aliphatic heterocycles. The van der Waals surface area contributed by atoms with Crippen molar-refractivity contribution in [1.82, 2.24) is 0 Å². The second-order valence-corrected chi connectivity index (χ2v) is 3.33. The first-order chi connectivity index (χ1) is 7.69. The molecule has 0 bridgehead atoms. The molecule has 0 aliphatic rings. The minimum absolute atomic E-state index is 0.195. The lowest BCUT2D eigenvalue weighted by molar-refractivity contribution is 0.411. The Bertz CT molecular complexity index is 491. The summed E-state index contributed by atoms with van der Waals surface area (Å²) < 4.78 is 5.21. The van der Waals surface area contributed by atoms with Crippen molar-refractivity contribution >= 4 is 0 Å². The summed E-state index contributed by atoms with van der Waals surface area (Å²) in [5.74, 6) is 6.63. The van der Waals surface area contributed by atoms with Gasteiger partial charge in [0.2, 0.25) is 0 Å². The molecule has 1 rings (SSSR count). The monoisotopic (exact) mass is 215 g/mol. The summed E-state index contributed by atoms with van der Waals surface area (Å²) in [6.45, 7) is 4.14. The summed E-state index contributed by atoms with van der Waals surface area (Å²) in [5.41, 5.74) is 11.1. The maximum Gasteiger partial charge on any atom is 0.122 e. The second-order valence-electron chi connectivity index (χ2n) is 3.33. The molecule has 0 amide bonds. The molecule has 0 aliphatic carbocycles. The Morgan fingerprint density at radius 1 is 1.38 bits per heavy atom. The highest BCUT2D eigenvalue weighted by atomic mass is 16.5. The Kier molecular flexibility index (Phi) is 4.26. The van der Waals surface area contributed by atoms with Crippen LogP contribution in [0.15, 0.2) is 17.2 Å². The third-order valence-corrected chi connectivity index (χ3v) is 2.18. The summed E-state index contributed by atoms with van der Waals surface area (Å²) in [6.07, 6.45) is 0. The van der Waals surface area contributed by atoms with Gasteiger partial charge >= 0.3 is 0 Å². The van der Waals surface area contributed by atoms with Gasteiger partial charge in [0.15, 0.2) is 0 Å². The molecular formula is C12H13N3O. The maximum atomic E-state index is 8.10. The molecule has 82 valence electrons. The van der Waals surface area contributed by atoms with Crippen LogP contribution in [0, 0.1) is 25.7 Å². The lowest BCUT2D eigenvalue weighted by Gasteiger charge is -2.07. The molecule has 0 radical (unpaired) electrons. The lowest BCUT2D eigenvalue weighted by atomic mass is 10.1. The third-order valence-electron chi connectivity index (χ3n) is 2.18. The molecule has 4 heteroatoms. The van der Waals surface area contributed by atoms with Gasteiger partial charge in [-0.25, -0.2) is 0 Å². The first kappa shape index (κ1) is 12.0. The molecule has 0 spiro atoms. The SMILES string of the molecule is COc1cc(C)c(C#CCN=[N+]=[N-])cc1C. The van der Waals surface area contributed by atoms with Crippen LogP contribution in [-0.2, 0) is 0 Å². The largest absolute Gasteiger partial charge is 0.496 e. The Morgan fingerprint density at radius 3 is 2.75 bits per heavy atom. The minimum atomic E-state index is 0.195. The number of hydrogen-bond donors (Lipinski definition) is 0. The predicted octanol–water partition coefficient (Wildman–Crippen LogP) is 2.97. The van der Waals surface area contributed by atoms with E-state index < -0.39 is 0 Å². The van der Waals surface area contributed by atoms with E-state index in [1.165, 1.54) is 0 Å². The molecule has 0 unspecified atom stereocenters. The fourth-order valence-corrected chi connectivity index (χ4v) is 1.35. The Hall–Kier alpha value is -2.11. The third kappa shape index (κ3) is 2.94. The van der Waals surface area contributed by atoms with E-state index in [9.17, 15) is 0 Å². The summed E-state index contributed by atoms with van der Waals surface area (Å²) in [5, 5.41) is 3.35. The van der Waals surface area contributed by atoms with Crippen molar-refractivity contribution in [2.24, 2.45) is 5.11 Å². The molecule has 0 atom stereocenters. The van der Waals surface area contributed by atoms with E-state index in [1.807, 2.05) is 26.0 Å². The Labute approximate surface area is 94.9 Å². The normalized spacial score (nSPS) is 8.69. The molecule has 1 aromatic carbocycles. The molecule has 4 nitrogen and oxygen atoms in total. The van der Waals surface area contributed by atoms with E-state index in [0.717, 1.165) is 22.4 Å². The van der Waals surface area contributed by atoms with E-state index >= 15 is 0 Å². The van der Waals surface area contributed by atoms with Gasteiger partial charge in [-0.05, 0) is 42.6 Å². The fourth-order valence-electron chi connectivity index (χ4n) is 1.35. The fraction of sp³-hybridized carbons (Fsp3) is 0.333. The van der Waals surface area contributed by atoms with Crippen LogP contribution in [0.1, 0.15) is 16.7 Å². The maximum absolute atomic E-state index is 8.10. The number of benzene rings is 1. The van der Waals surface area contributed by atoms with Crippen molar-refractivity contribution in [3.8, 4) is 17.6 Å².